The van der Waals surface area contributed by atoms with Crippen LogP contribution < -0.4 is 0 Å². The van der Waals surface area contributed by atoms with Gasteiger partial charge in [0, 0.05) is 67.9 Å². The summed E-state index contributed by atoms with van der Waals surface area (Å²) in [4.78, 5) is 48.8. The van der Waals surface area contributed by atoms with E-state index in [4.69, 9.17) is 4.74 Å². The van der Waals surface area contributed by atoms with E-state index >= 15 is 0 Å². The number of carbonyl (C=O) groups excluding carboxylic acids is 3. The summed E-state index contributed by atoms with van der Waals surface area (Å²) < 4.78 is 7.68. The van der Waals surface area contributed by atoms with Crippen molar-refractivity contribution in [1.29, 1.82) is 0 Å². The first-order valence-electron chi connectivity index (χ1n) is 15.9. The molecule has 240 valence electrons. The first kappa shape index (κ1) is 30.3. The van der Waals surface area contributed by atoms with E-state index < -0.39 is 11.5 Å². The fourth-order valence-electron chi connectivity index (χ4n) is 7.98. The van der Waals surface area contributed by atoms with Gasteiger partial charge in [-0.1, -0.05) is 48.5 Å². The molecule has 1 aliphatic carbocycles. The normalized spacial score (nSPS) is 19.9. The van der Waals surface area contributed by atoms with Crippen LogP contribution in [0, 0.1) is 5.92 Å². The average molecular weight is 631 g/mol. The number of likely N-dealkylation sites (tertiary alicyclic amines) is 1. The van der Waals surface area contributed by atoms with Crippen LogP contribution in [0.15, 0.2) is 91.1 Å². The molecule has 2 N–H and O–H groups in total. The first-order chi connectivity index (χ1) is 22.7. The van der Waals surface area contributed by atoms with Crippen LogP contribution in [0.4, 0.5) is 0 Å². The molecule has 47 heavy (non-hydrogen) atoms. The lowest BCUT2D eigenvalue weighted by Gasteiger charge is -2.40. The monoisotopic (exact) mass is 630 g/mol. The summed E-state index contributed by atoms with van der Waals surface area (Å²) in [6, 6.07) is 26.0. The standard InChI is InChI=1S/C38H38N4O5/c1-40(2)36(45)33-20-30-32(41(33)17-16-26-22-39-31-15-14-28(43)19-29(26)31)18-27-23-42(35(44)25-12-8-5-9-13-25)38(34(27)30,37(46)47-3)21-24-10-6-4-7-11-24/h4-15,19-20,22,27,34,39,43H,16-18,21,23H2,1-3H3/t27-,34+,38+/m0/s1. The third kappa shape index (κ3) is 4.97. The number of nitrogens with one attached hydrogen (secondary N) is 1. The Morgan fingerprint density at radius 1 is 1.00 bits per heavy atom. The van der Waals surface area contributed by atoms with Gasteiger partial charge in [-0.25, -0.2) is 4.79 Å². The van der Waals surface area contributed by atoms with E-state index in [2.05, 4.69) is 9.55 Å². The number of hydrogen-bond acceptors (Lipinski definition) is 5. The van der Waals surface area contributed by atoms with Gasteiger partial charge in [-0.2, -0.15) is 0 Å². The average Bonchev–Trinajstić information content (AvgIpc) is 3.83. The number of phenols is 1. The smallest absolute Gasteiger partial charge is 0.332 e. The molecule has 0 bridgehead atoms. The van der Waals surface area contributed by atoms with E-state index in [0.29, 0.717) is 37.2 Å². The van der Waals surface area contributed by atoms with Gasteiger partial charge in [0.2, 0.25) is 0 Å². The number of H-pyrrole nitrogens is 1. The summed E-state index contributed by atoms with van der Waals surface area (Å²) in [5, 5.41) is 11.1. The Kier molecular flexibility index (Phi) is 7.62. The van der Waals surface area contributed by atoms with Crippen LogP contribution in [0.5, 0.6) is 5.75 Å². The highest BCUT2D eigenvalue weighted by Crippen LogP contribution is 2.55. The van der Waals surface area contributed by atoms with Crippen LogP contribution in [-0.4, -0.2) is 75.5 Å². The molecule has 2 amide bonds. The van der Waals surface area contributed by atoms with Crippen LogP contribution in [-0.2, 0) is 35.3 Å². The molecular formula is C38H38N4O5. The molecule has 0 radical (unpaired) electrons. The summed E-state index contributed by atoms with van der Waals surface area (Å²) in [7, 11) is 4.86. The number of aromatic amines is 1. The zero-order valence-corrected chi connectivity index (χ0v) is 26.8. The minimum Gasteiger partial charge on any atom is -0.508 e. The third-order valence-corrected chi connectivity index (χ3v) is 10.0. The number of aromatic nitrogens is 2. The van der Waals surface area contributed by atoms with Crippen molar-refractivity contribution < 1.29 is 24.2 Å². The van der Waals surface area contributed by atoms with E-state index in [0.717, 1.165) is 33.3 Å². The maximum absolute atomic E-state index is 14.3. The zero-order chi connectivity index (χ0) is 32.9. The lowest BCUT2D eigenvalue weighted by Crippen LogP contribution is -2.58. The van der Waals surface area contributed by atoms with Gasteiger partial charge >= 0.3 is 5.97 Å². The lowest BCUT2D eigenvalue weighted by atomic mass is 9.75. The van der Waals surface area contributed by atoms with Crippen LogP contribution in [0.2, 0.25) is 0 Å². The largest absolute Gasteiger partial charge is 0.508 e. The number of ether oxygens (including phenoxy) is 1. The Morgan fingerprint density at radius 3 is 2.43 bits per heavy atom. The van der Waals surface area contributed by atoms with Crippen LogP contribution in [0.3, 0.4) is 0 Å². The Hall–Kier alpha value is -5.31. The molecule has 0 spiro atoms. The van der Waals surface area contributed by atoms with Crippen molar-refractivity contribution in [1.82, 2.24) is 19.4 Å². The zero-order valence-electron chi connectivity index (χ0n) is 26.8. The SMILES string of the molecule is COC(=O)[C@@]1(Cc2ccccc2)[C@H]2c3cc(C(=O)N(C)C)n(CCc4c[nH]c5ccc(O)cc45)c3C[C@H]2CN1C(=O)c1ccccc1. The second-order valence-corrected chi connectivity index (χ2v) is 12.9. The van der Waals surface area contributed by atoms with Crippen molar-refractivity contribution in [3.05, 3.63) is 125 Å². The molecule has 3 aromatic carbocycles. The molecule has 1 aliphatic heterocycles. The first-order valence-corrected chi connectivity index (χ1v) is 15.9. The molecule has 9 nitrogen and oxygen atoms in total. The summed E-state index contributed by atoms with van der Waals surface area (Å²) in [5.41, 5.74) is 4.56. The van der Waals surface area contributed by atoms with Gasteiger partial charge in [0.1, 0.15) is 11.4 Å². The molecule has 7 rings (SSSR count). The molecule has 3 atom stereocenters. The third-order valence-electron chi connectivity index (χ3n) is 10.0. The molecule has 0 unspecified atom stereocenters. The number of aryl methyl sites for hydroxylation is 1. The summed E-state index contributed by atoms with van der Waals surface area (Å²) >= 11 is 0. The molecule has 0 saturated carbocycles. The van der Waals surface area contributed by atoms with E-state index in [1.165, 1.54) is 7.11 Å². The van der Waals surface area contributed by atoms with Gasteiger partial charge in [0.05, 0.1) is 7.11 Å². The number of nitrogens with zero attached hydrogens (tertiary/aromatic N) is 3. The van der Waals surface area contributed by atoms with Gasteiger partial charge in [-0.05, 0) is 71.8 Å². The topological polar surface area (TPSA) is 108 Å². The van der Waals surface area contributed by atoms with Gasteiger partial charge in [-0.15, -0.1) is 0 Å². The molecular weight excluding hydrogens is 592 g/mol. The number of aromatic hydroxyl groups is 1. The predicted octanol–water partition coefficient (Wildman–Crippen LogP) is 5.19. The maximum Gasteiger partial charge on any atom is 0.332 e. The molecule has 5 aromatic rings. The number of benzene rings is 3. The second kappa shape index (κ2) is 11.8. The minimum absolute atomic E-state index is 0.0460. The number of rotatable bonds is 8. The van der Waals surface area contributed by atoms with E-state index in [1.807, 2.05) is 66.9 Å². The lowest BCUT2D eigenvalue weighted by molar-refractivity contribution is -0.153. The van der Waals surface area contributed by atoms with Gasteiger partial charge in [0.25, 0.3) is 11.8 Å². The van der Waals surface area contributed by atoms with E-state index in [1.54, 1.807) is 48.2 Å². The molecule has 2 aliphatic rings. The van der Waals surface area contributed by atoms with Crippen molar-refractivity contribution in [2.24, 2.45) is 5.92 Å². The van der Waals surface area contributed by atoms with Crippen LogP contribution >= 0.6 is 0 Å². The summed E-state index contributed by atoms with van der Waals surface area (Å²) in [6.07, 6.45) is 3.46. The molecule has 1 saturated heterocycles. The fourth-order valence-corrected chi connectivity index (χ4v) is 7.98. The Balaban J connectivity index is 1.35. The summed E-state index contributed by atoms with van der Waals surface area (Å²) in [5.74, 6) is -1.03. The van der Waals surface area contributed by atoms with Crippen molar-refractivity contribution in [2.75, 3.05) is 27.7 Å². The van der Waals surface area contributed by atoms with Crippen molar-refractivity contribution in [2.45, 2.75) is 37.3 Å². The van der Waals surface area contributed by atoms with Crippen molar-refractivity contribution in [3.63, 3.8) is 0 Å². The number of hydrogen-bond donors (Lipinski definition) is 2. The van der Waals surface area contributed by atoms with Gasteiger partial charge in [-0.3, -0.25) is 9.59 Å². The van der Waals surface area contributed by atoms with Gasteiger partial charge in [0.15, 0.2) is 5.54 Å². The van der Waals surface area contributed by atoms with Crippen molar-refractivity contribution >= 4 is 28.7 Å². The number of methoxy groups -OCH3 is 1. The highest BCUT2D eigenvalue weighted by Gasteiger charge is 2.64. The van der Waals surface area contributed by atoms with Crippen LogP contribution in [0.25, 0.3) is 10.9 Å². The quantitative estimate of drug-likeness (QED) is 0.230. The second-order valence-electron chi connectivity index (χ2n) is 12.9. The molecule has 3 heterocycles. The van der Waals surface area contributed by atoms with E-state index in [-0.39, 0.29) is 35.8 Å². The Labute approximate surface area is 273 Å². The number of fused-ring (bicyclic) bond motifs is 4. The maximum atomic E-state index is 14.3. The Morgan fingerprint density at radius 2 is 1.72 bits per heavy atom. The van der Waals surface area contributed by atoms with E-state index in [9.17, 15) is 19.5 Å². The van der Waals surface area contributed by atoms with Crippen molar-refractivity contribution in [3.8, 4) is 5.75 Å². The highest BCUT2D eigenvalue weighted by molar-refractivity contribution is 6.00. The number of carbonyl (C=O) groups is 3. The van der Waals surface area contributed by atoms with Crippen LogP contribution in [0.1, 0.15) is 49.1 Å². The molecule has 1 fully saturated rings. The number of esters is 1. The molecule has 9 heteroatoms. The predicted molar refractivity (Wildman–Crippen MR) is 178 cm³/mol. The number of amides is 2. The minimum atomic E-state index is -1.32. The Bertz CT molecular complexity index is 1980. The fraction of sp³-hybridized carbons (Fsp3) is 0.289. The highest BCUT2D eigenvalue weighted by atomic mass is 16.5. The number of phenolic OH excluding ortho intramolecular Hbond substituents is 1. The van der Waals surface area contributed by atoms with Gasteiger partial charge < -0.3 is 29.2 Å². The molecule has 2 aromatic heterocycles. The summed E-state index contributed by atoms with van der Waals surface area (Å²) in [6.45, 7) is 0.913.